The van der Waals surface area contributed by atoms with E-state index in [1.807, 2.05) is 49.9 Å². The summed E-state index contributed by atoms with van der Waals surface area (Å²) in [5.74, 6) is -0.268. The SMILES string of the molecule is CC(C)C(C(N)=O)c1cn(C)c2ccccc12.Cl. The number of fused-ring (bicyclic) bond motifs is 1. The van der Waals surface area contributed by atoms with Gasteiger partial charge in [-0.3, -0.25) is 4.79 Å². The molecule has 98 valence electrons. The third-order valence-corrected chi connectivity index (χ3v) is 3.24. The molecule has 1 amide bonds. The molecule has 0 radical (unpaired) electrons. The quantitative estimate of drug-likeness (QED) is 0.912. The minimum absolute atomic E-state index is 0. The fourth-order valence-electron chi connectivity index (χ4n) is 2.46. The number of amides is 1. The summed E-state index contributed by atoms with van der Waals surface area (Å²) in [7, 11) is 1.99. The number of hydrogen-bond acceptors (Lipinski definition) is 1. The van der Waals surface area contributed by atoms with Crippen LogP contribution in [0.25, 0.3) is 10.9 Å². The van der Waals surface area contributed by atoms with E-state index in [0.717, 1.165) is 16.5 Å². The second-order valence-electron chi connectivity index (χ2n) is 4.84. The summed E-state index contributed by atoms with van der Waals surface area (Å²) >= 11 is 0. The van der Waals surface area contributed by atoms with Gasteiger partial charge in [-0.2, -0.15) is 0 Å². The number of aryl methyl sites for hydroxylation is 1. The van der Waals surface area contributed by atoms with E-state index in [9.17, 15) is 4.79 Å². The van der Waals surface area contributed by atoms with Crippen molar-refractivity contribution >= 4 is 29.2 Å². The topological polar surface area (TPSA) is 48.0 Å². The average molecular weight is 267 g/mol. The first-order valence-electron chi connectivity index (χ1n) is 5.85. The van der Waals surface area contributed by atoms with Crippen LogP contribution in [0.2, 0.25) is 0 Å². The number of carbonyl (C=O) groups is 1. The predicted molar refractivity (Wildman–Crippen MR) is 76.9 cm³/mol. The smallest absolute Gasteiger partial charge is 0.225 e. The molecule has 1 atom stereocenters. The van der Waals surface area contributed by atoms with Gasteiger partial charge in [-0.05, 0) is 17.5 Å². The maximum atomic E-state index is 11.6. The van der Waals surface area contributed by atoms with Crippen LogP contribution in [0.3, 0.4) is 0 Å². The maximum Gasteiger partial charge on any atom is 0.225 e. The van der Waals surface area contributed by atoms with Gasteiger partial charge in [0.05, 0.1) is 5.92 Å². The van der Waals surface area contributed by atoms with E-state index in [1.54, 1.807) is 0 Å². The van der Waals surface area contributed by atoms with Crippen molar-refractivity contribution in [2.75, 3.05) is 0 Å². The summed E-state index contributed by atoms with van der Waals surface area (Å²) in [6.45, 7) is 4.05. The summed E-state index contributed by atoms with van der Waals surface area (Å²) < 4.78 is 2.04. The molecular weight excluding hydrogens is 248 g/mol. The molecule has 1 unspecified atom stereocenters. The Bertz CT molecular complexity index is 560. The molecule has 0 aliphatic heterocycles. The molecule has 0 aliphatic carbocycles. The van der Waals surface area contributed by atoms with E-state index in [0.29, 0.717) is 0 Å². The van der Waals surface area contributed by atoms with Crippen LogP contribution in [-0.2, 0) is 11.8 Å². The molecule has 0 fully saturated rings. The predicted octanol–water partition coefficient (Wildman–Crippen LogP) is 2.83. The van der Waals surface area contributed by atoms with Crippen LogP contribution in [0.4, 0.5) is 0 Å². The van der Waals surface area contributed by atoms with Gasteiger partial charge >= 0.3 is 0 Å². The van der Waals surface area contributed by atoms with E-state index in [-0.39, 0.29) is 30.2 Å². The van der Waals surface area contributed by atoms with Crippen LogP contribution in [0.15, 0.2) is 30.5 Å². The number of benzene rings is 1. The van der Waals surface area contributed by atoms with Gasteiger partial charge in [0.1, 0.15) is 0 Å². The van der Waals surface area contributed by atoms with E-state index < -0.39 is 0 Å². The zero-order valence-electron chi connectivity index (χ0n) is 10.9. The minimum Gasteiger partial charge on any atom is -0.369 e. The highest BCUT2D eigenvalue weighted by Crippen LogP contribution is 2.31. The van der Waals surface area contributed by atoms with Crippen LogP contribution in [-0.4, -0.2) is 10.5 Å². The molecule has 1 aromatic heterocycles. The average Bonchev–Trinajstić information content (AvgIpc) is 2.56. The van der Waals surface area contributed by atoms with Gasteiger partial charge in [-0.1, -0.05) is 32.0 Å². The van der Waals surface area contributed by atoms with Gasteiger partial charge in [0.25, 0.3) is 0 Å². The van der Waals surface area contributed by atoms with Crippen LogP contribution in [0.1, 0.15) is 25.3 Å². The lowest BCUT2D eigenvalue weighted by Gasteiger charge is -2.16. The van der Waals surface area contributed by atoms with Gasteiger partial charge in [0.15, 0.2) is 0 Å². The minimum atomic E-state index is -0.253. The Labute approximate surface area is 113 Å². The molecular formula is C14H19ClN2O. The molecule has 0 saturated heterocycles. The molecule has 3 nitrogen and oxygen atoms in total. The normalized spacial score (nSPS) is 12.4. The van der Waals surface area contributed by atoms with Gasteiger partial charge in [0.2, 0.25) is 5.91 Å². The van der Waals surface area contributed by atoms with Crippen molar-refractivity contribution in [3.63, 3.8) is 0 Å². The van der Waals surface area contributed by atoms with Crippen LogP contribution in [0.5, 0.6) is 0 Å². The fraction of sp³-hybridized carbons (Fsp3) is 0.357. The van der Waals surface area contributed by atoms with E-state index in [2.05, 4.69) is 6.07 Å². The molecule has 1 heterocycles. The van der Waals surface area contributed by atoms with Crippen molar-refractivity contribution in [2.24, 2.45) is 18.7 Å². The molecule has 1 aromatic carbocycles. The van der Waals surface area contributed by atoms with Crippen molar-refractivity contribution in [3.05, 3.63) is 36.0 Å². The number of carbonyl (C=O) groups excluding carboxylic acids is 1. The van der Waals surface area contributed by atoms with E-state index in [4.69, 9.17) is 5.73 Å². The lowest BCUT2D eigenvalue weighted by molar-refractivity contribution is -0.120. The summed E-state index contributed by atoms with van der Waals surface area (Å²) in [6.07, 6.45) is 2.01. The summed E-state index contributed by atoms with van der Waals surface area (Å²) in [5, 5.41) is 1.12. The Morgan fingerprint density at radius 3 is 2.44 bits per heavy atom. The number of rotatable bonds is 3. The zero-order valence-corrected chi connectivity index (χ0v) is 11.7. The number of hydrogen-bond donors (Lipinski definition) is 1. The Morgan fingerprint density at radius 1 is 1.28 bits per heavy atom. The second-order valence-corrected chi connectivity index (χ2v) is 4.84. The molecule has 2 N–H and O–H groups in total. The zero-order chi connectivity index (χ0) is 12.6. The molecule has 0 spiro atoms. The van der Waals surface area contributed by atoms with Crippen LogP contribution >= 0.6 is 12.4 Å². The van der Waals surface area contributed by atoms with Gasteiger partial charge in [0, 0.05) is 24.1 Å². The molecule has 2 aromatic rings. The number of aromatic nitrogens is 1. The molecule has 0 saturated carbocycles. The molecule has 0 aliphatic rings. The molecule has 2 rings (SSSR count). The van der Waals surface area contributed by atoms with Crippen molar-refractivity contribution in [1.29, 1.82) is 0 Å². The van der Waals surface area contributed by atoms with Crippen LogP contribution < -0.4 is 5.73 Å². The highest BCUT2D eigenvalue weighted by molar-refractivity contribution is 5.91. The van der Waals surface area contributed by atoms with E-state index in [1.165, 1.54) is 0 Å². The first kappa shape index (κ1) is 14.6. The van der Waals surface area contributed by atoms with Gasteiger partial charge < -0.3 is 10.3 Å². The van der Waals surface area contributed by atoms with Crippen molar-refractivity contribution in [2.45, 2.75) is 19.8 Å². The second kappa shape index (κ2) is 5.44. The highest BCUT2D eigenvalue weighted by Gasteiger charge is 2.24. The lowest BCUT2D eigenvalue weighted by atomic mass is 9.88. The van der Waals surface area contributed by atoms with Crippen LogP contribution in [0, 0.1) is 5.92 Å². The Morgan fingerprint density at radius 2 is 1.89 bits per heavy atom. The Hall–Kier alpha value is -1.48. The lowest BCUT2D eigenvalue weighted by Crippen LogP contribution is -2.25. The van der Waals surface area contributed by atoms with Crippen molar-refractivity contribution in [1.82, 2.24) is 4.57 Å². The molecule has 4 heteroatoms. The van der Waals surface area contributed by atoms with Gasteiger partial charge in [-0.25, -0.2) is 0 Å². The number of halogens is 1. The number of nitrogens with two attached hydrogens (primary N) is 1. The number of nitrogens with zero attached hydrogens (tertiary/aromatic N) is 1. The largest absolute Gasteiger partial charge is 0.369 e. The highest BCUT2D eigenvalue weighted by atomic mass is 35.5. The van der Waals surface area contributed by atoms with Crippen molar-refractivity contribution < 1.29 is 4.79 Å². The maximum absolute atomic E-state index is 11.6. The number of primary amides is 1. The van der Waals surface area contributed by atoms with Gasteiger partial charge in [-0.15, -0.1) is 12.4 Å². The van der Waals surface area contributed by atoms with E-state index >= 15 is 0 Å². The summed E-state index contributed by atoms with van der Waals surface area (Å²) in [6, 6.07) is 8.09. The Balaban J connectivity index is 0.00000162. The summed E-state index contributed by atoms with van der Waals surface area (Å²) in [5.41, 5.74) is 7.69. The monoisotopic (exact) mass is 266 g/mol. The number of para-hydroxylation sites is 1. The third kappa shape index (κ3) is 2.36. The van der Waals surface area contributed by atoms with Crippen molar-refractivity contribution in [3.8, 4) is 0 Å². The first-order valence-corrected chi connectivity index (χ1v) is 5.85. The third-order valence-electron chi connectivity index (χ3n) is 3.24. The standard InChI is InChI=1S/C14H18N2O.ClH/c1-9(2)13(14(15)17)11-8-16(3)12-7-5-4-6-10(11)12;/h4-9,13H,1-3H3,(H2,15,17);1H. The Kier molecular flexibility index (Phi) is 4.41. The first-order chi connectivity index (χ1) is 8.02. The fourth-order valence-corrected chi connectivity index (χ4v) is 2.46. The molecule has 0 bridgehead atoms. The summed E-state index contributed by atoms with van der Waals surface area (Å²) in [4.78, 5) is 11.6. The molecule has 18 heavy (non-hydrogen) atoms.